The van der Waals surface area contributed by atoms with Crippen LogP contribution < -0.4 is 0 Å². The van der Waals surface area contributed by atoms with Crippen LogP contribution in [0.4, 0.5) is 13.2 Å². The van der Waals surface area contributed by atoms with Gasteiger partial charge in [-0.1, -0.05) is 0 Å². The molecule has 1 aromatic rings. The first kappa shape index (κ1) is 12.0. The molecule has 0 aliphatic rings. The lowest BCUT2D eigenvalue weighted by molar-refractivity contribution is -0.137. The van der Waals surface area contributed by atoms with Crippen LogP contribution in [-0.2, 0) is 16.0 Å². The van der Waals surface area contributed by atoms with Gasteiger partial charge in [0.25, 0.3) is 0 Å². The van der Waals surface area contributed by atoms with Crippen LogP contribution in [0.15, 0.2) is 23.1 Å². The van der Waals surface area contributed by atoms with Crippen molar-refractivity contribution in [1.82, 2.24) is 0 Å². The van der Waals surface area contributed by atoms with Gasteiger partial charge in [0.2, 0.25) is 0 Å². The Hall–Kier alpha value is -1.04. The molecule has 1 aromatic carbocycles. The van der Waals surface area contributed by atoms with E-state index >= 15 is 0 Å². The summed E-state index contributed by atoms with van der Waals surface area (Å²) in [6, 6.07) is 2.77. The molecule has 0 N–H and O–H groups in total. The van der Waals surface area contributed by atoms with E-state index in [-0.39, 0.29) is 10.5 Å². The van der Waals surface area contributed by atoms with Crippen LogP contribution in [0.1, 0.15) is 11.1 Å². The second-order valence-electron chi connectivity index (χ2n) is 3.30. The predicted molar refractivity (Wildman–Crippen MR) is 49.3 cm³/mol. The van der Waals surface area contributed by atoms with Crippen LogP contribution in [-0.4, -0.2) is 14.7 Å². The van der Waals surface area contributed by atoms with Crippen LogP contribution in [0.2, 0.25) is 0 Å². The van der Waals surface area contributed by atoms with Crippen molar-refractivity contribution in [2.45, 2.75) is 18.0 Å². The van der Waals surface area contributed by atoms with Crippen LogP contribution >= 0.6 is 0 Å². The molecule has 0 bridgehead atoms. The van der Waals surface area contributed by atoms with Gasteiger partial charge in [-0.3, -0.25) is 0 Å². The van der Waals surface area contributed by atoms with E-state index in [1.807, 2.05) is 0 Å². The highest BCUT2D eigenvalue weighted by Crippen LogP contribution is 2.31. The van der Waals surface area contributed by atoms with Crippen molar-refractivity contribution >= 4 is 9.84 Å². The van der Waals surface area contributed by atoms with E-state index in [1.165, 1.54) is 13.0 Å². The number of hydrogen-bond acceptors (Lipinski definition) is 2. The Bertz CT molecular complexity index is 475. The SMILES string of the molecule is Cc1cc(C(F)(F)F)cc(S(C)(=O)=O)c1. The lowest BCUT2D eigenvalue weighted by Crippen LogP contribution is -2.07. The number of halogens is 3. The third-order valence-electron chi connectivity index (χ3n) is 1.81. The molecule has 0 aliphatic heterocycles. The Labute approximate surface area is 85.6 Å². The highest BCUT2D eigenvalue weighted by atomic mass is 32.2. The fourth-order valence-corrected chi connectivity index (χ4v) is 1.87. The minimum Gasteiger partial charge on any atom is -0.224 e. The molecule has 2 nitrogen and oxygen atoms in total. The summed E-state index contributed by atoms with van der Waals surface area (Å²) >= 11 is 0. The van der Waals surface area contributed by atoms with Crippen molar-refractivity contribution in [1.29, 1.82) is 0 Å². The third kappa shape index (κ3) is 2.95. The van der Waals surface area contributed by atoms with Crippen molar-refractivity contribution in [2.75, 3.05) is 6.26 Å². The quantitative estimate of drug-likeness (QED) is 0.753. The molecule has 0 aliphatic carbocycles. The van der Waals surface area contributed by atoms with Crippen LogP contribution in [0.25, 0.3) is 0 Å². The standard InChI is InChI=1S/C9H9F3O2S/c1-6-3-7(9(10,11)12)5-8(4-6)15(2,13)14/h3-5H,1-2H3. The topological polar surface area (TPSA) is 34.1 Å². The van der Waals surface area contributed by atoms with Gasteiger partial charge in [-0.15, -0.1) is 0 Å². The van der Waals surface area contributed by atoms with E-state index < -0.39 is 21.6 Å². The molecule has 84 valence electrons. The smallest absolute Gasteiger partial charge is 0.224 e. The number of rotatable bonds is 1. The van der Waals surface area contributed by atoms with Crippen LogP contribution in [0, 0.1) is 6.92 Å². The Morgan fingerprint density at radius 2 is 1.67 bits per heavy atom. The van der Waals surface area contributed by atoms with E-state index in [0.717, 1.165) is 12.3 Å². The fourth-order valence-electron chi connectivity index (χ4n) is 1.13. The molecular weight excluding hydrogens is 229 g/mol. The largest absolute Gasteiger partial charge is 0.416 e. The summed E-state index contributed by atoms with van der Waals surface area (Å²) in [7, 11) is -3.61. The number of benzene rings is 1. The zero-order chi connectivity index (χ0) is 11.9. The first-order chi connectivity index (χ1) is 6.60. The molecule has 6 heteroatoms. The molecular formula is C9H9F3O2S. The molecule has 0 heterocycles. The maximum atomic E-state index is 12.3. The van der Waals surface area contributed by atoms with Gasteiger partial charge in [-0.2, -0.15) is 13.2 Å². The molecule has 0 saturated carbocycles. The second-order valence-corrected chi connectivity index (χ2v) is 5.32. The van der Waals surface area contributed by atoms with Gasteiger partial charge in [-0.05, 0) is 30.7 Å². The summed E-state index contributed by atoms with van der Waals surface area (Å²) in [5.41, 5.74) is -0.673. The maximum absolute atomic E-state index is 12.3. The summed E-state index contributed by atoms with van der Waals surface area (Å²) < 4.78 is 59.2. The minimum atomic E-state index is -4.52. The predicted octanol–water partition coefficient (Wildman–Crippen LogP) is 2.42. The van der Waals surface area contributed by atoms with Crippen molar-refractivity contribution in [3.05, 3.63) is 29.3 Å². The Kier molecular flexibility index (Phi) is 2.82. The molecule has 0 spiro atoms. The molecule has 0 unspecified atom stereocenters. The van der Waals surface area contributed by atoms with E-state index in [2.05, 4.69) is 0 Å². The maximum Gasteiger partial charge on any atom is 0.416 e. The average Bonchev–Trinajstić information content (AvgIpc) is 1.99. The Balaban J connectivity index is 3.43. The molecule has 1 rings (SSSR count). The number of aryl methyl sites for hydroxylation is 1. The molecule has 0 saturated heterocycles. The van der Waals surface area contributed by atoms with Crippen molar-refractivity contribution in [2.24, 2.45) is 0 Å². The summed E-state index contributed by atoms with van der Waals surface area (Å²) in [5, 5.41) is 0. The van der Waals surface area contributed by atoms with Crippen LogP contribution in [0.3, 0.4) is 0 Å². The Morgan fingerprint density at radius 1 is 1.13 bits per heavy atom. The first-order valence-corrected chi connectivity index (χ1v) is 5.89. The van der Waals surface area contributed by atoms with Crippen molar-refractivity contribution < 1.29 is 21.6 Å². The molecule has 0 amide bonds. The number of sulfone groups is 1. The van der Waals surface area contributed by atoms with Crippen molar-refractivity contribution in [3.63, 3.8) is 0 Å². The monoisotopic (exact) mass is 238 g/mol. The van der Waals surface area contributed by atoms with E-state index in [0.29, 0.717) is 6.07 Å². The van der Waals surface area contributed by atoms with Gasteiger partial charge in [0.1, 0.15) is 0 Å². The fraction of sp³-hybridized carbons (Fsp3) is 0.333. The molecule has 0 aromatic heterocycles. The highest BCUT2D eigenvalue weighted by molar-refractivity contribution is 7.90. The van der Waals surface area contributed by atoms with Gasteiger partial charge in [0.05, 0.1) is 10.5 Å². The lowest BCUT2D eigenvalue weighted by Gasteiger charge is -2.09. The van der Waals surface area contributed by atoms with E-state index in [1.54, 1.807) is 0 Å². The highest BCUT2D eigenvalue weighted by Gasteiger charge is 2.31. The second kappa shape index (κ2) is 3.52. The van der Waals surface area contributed by atoms with E-state index in [4.69, 9.17) is 0 Å². The van der Waals surface area contributed by atoms with Gasteiger partial charge < -0.3 is 0 Å². The minimum absolute atomic E-state index is 0.269. The summed E-state index contributed by atoms with van der Waals surface area (Å²) in [6.45, 7) is 1.42. The molecule has 15 heavy (non-hydrogen) atoms. The normalized spacial score (nSPS) is 12.9. The van der Waals surface area contributed by atoms with Gasteiger partial charge >= 0.3 is 6.18 Å². The van der Waals surface area contributed by atoms with Gasteiger partial charge in [0, 0.05) is 6.26 Å². The summed E-state index contributed by atoms with van der Waals surface area (Å²) in [6.07, 6.45) is -3.65. The Morgan fingerprint density at radius 3 is 2.07 bits per heavy atom. The zero-order valence-electron chi connectivity index (χ0n) is 8.09. The molecule has 0 atom stereocenters. The number of alkyl halides is 3. The first-order valence-electron chi connectivity index (χ1n) is 3.99. The van der Waals surface area contributed by atoms with E-state index in [9.17, 15) is 21.6 Å². The van der Waals surface area contributed by atoms with Gasteiger partial charge in [0.15, 0.2) is 9.84 Å². The summed E-state index contributed by atoms with van der Waals surface area (Å²) in [5.74, 6) is 0. The number of hydrogen-bond donors (Lipinski definition) is 0. The van der Waals surface area contributed by atoms with Gasteiger partial charge in [-0.25, -0.2) is 8.42 Å². The summed E-state index contributed by atoms with van der Waals surface area (Å²) in [4.78, 5) is -0.310. The zero-order valence-corrected chi connectivity index (χ0v) is 8.91. The average molecular weight is 238 g/mol. The molecule has 0 radical (unpaired) electrons. The molecule has 0 fully saturated rings. The third-order valence-corrected chi connectivity index (χ3v) is 2.90. The van der Waals surface area contributed by atoms with Crippen LogP contribution in [0.5, 0.6) is 0 Å². The lowest BCUT2D eigenvalue weighted by atomic mass is 10.1. The van der Waals surface area contributed by atoms with Crippen molar-refractivity contribution in [3.8, 4) is 0 Å².